The van der Waals surface area contributed by atoms with E-state index in [1.54, 1.807) is 6.07 Å². The quantitative estimate of drug-likeness (QED) is 0.488. The summed E-state index contributed by atoms with van der Waals surface area (Å²) < 4.78 is 33.8. The second-order valence-electron chi connectivity index (χ2n) is 7.92. The van der Waals surface area contributed by atoms with Gasteiger partial charge in [-0.3, -0.25) is 4.79 Å². The van der Waals surface area contributed by atoms with Crippen molar-refractivity contribution in [2.24, 2.45) is 0 Å². The minimum absolute atomic E-state index is 0.0524. The largest absolute Gasteiger partial charge is 0.495 e. The molecule has 1 N–H and O–H groups in total. The van der Waals surface area contributed by atoms with Crippen molar-refractivity contribution in [2.75, 3.05) is 46.2 Å². The van der Waals surface area contributed by atoms with E-state index < -0.39 is 15.9 Å². The van der Waals surface area contributed by atoms with Crippen LogP contribution in [-0.2, 0) is 16.6 Å². The lowest BCUT2D eigenvalue weighted by Crippen LogP contribution is -2.26. The van der Waals surface area contributed by atoms with E-state index in [1.165, 1.54) is 33.3 Å². The van der Waals surface area contributed by atoms with E-state index in [0.717, 1.165) is 41.4 Å². The van der Waals surface area contributed by atoms with Crippen LogP contribution in [0.1, 0.15) is 24.2 Å². The lowest BCUT2D eigenvalue weighted by Gasteiger charge is -2.18. The molecule has 0 spiro atoms. The lowest BCUT2D eigenvalue weighted by atomic mass is 10.2. The summed E-state index contributed by atoms with van der Waals surface area (Å²) in [5.74, 6) is -0.208. The van der Waals surface area contributed by atoms with Crippen molar-refractivity contribution in [1.29, 1.82) is 0 Å². The molecule has 0 atom stereocenters. The molecule has 178 valence electrons. The normalized spacial score (nSPS) is 12.0. The fourth-order valence-electron chi connectivity index (χ4n) is 3.68. The number of likely N-dealkylation sites (N-methyl/N-ethyl adjacent to an activating group) is 1. The van der Waals surface area contributed by atoms with E-state index in [1.807, 2.05) is 24.3 Å². The molecule has 8 nitrogen and oxygen atoms in total. The summed E-state index contributed by atoms with van der Waals surface area (Å²) in [4.78, 5) is 15.2. The molecule has 33 heavy (non-hydrogen) atoms. The highest BCUT2D eigenvalue weighted by Gasteiger charge is 2.24. The first-order chi connectivity index (χ1) is 15.7. The monoisotopic (exact) mass is 472 g/mol. The Kier molecular flexibility index (Phi) is 7.78. The van der Waals surface area contributed by atoms with Crippen LogP contribution in [0.3, 0.4) is 0 Å². The van der Waals surface area contributed by atoms with Crippen LogP contribution >= 0.6 is 0 Å². The van der Waals surface area contributed by atoms with Gasteiger partial charge < -0.3 is 19.5 Å². The predicted molar refractivity (Wildman–Crippen MR) is 132 cm³/mol. The molecule has 2 aromatic carbocycles. The summed E-state index contributed by atoms with van der Waals surface area (Å²) in [5, 5.41) is 3.89. The molecule has 3 rings (SSSR count). The fraction of sp³-hybridized carbons (Fsp3) is 0.375. The van der Waals surface area contributed by atoms with Gasteiger partial charge in [0.05, 0.1) is 7.11 Å². The number of hydrogen-bond acceptors (Lipinski definition) is 5. The Bertz CT molecular complexity index is 1230. The highest BCUT2D eigenvalue weighted by atomic mass is 32.2. The molecule has 0 unspecified atom stereocenters. The van der Waals surface area contributed by atoms with Crippen LogP contribution in [-0.4, -0.2) is 68.9 Å². The molecule has 0 aliphatic heterocycles. The first kappa shape index (κ1) is 24.8. The maximum Gasteiger partial charge on any atom is 0.255 e. The highest BCUT2D eigenvalue weighted by Crippen LogP contribution is 2.28. The van der Waals surface area contributed by atoms with Crippen molar-refractivity contribution >= 4 is 32.5 Å². The predicted octanol–water partition coefficient (Wildman–Crippen LogP) is 3.49. The van der Waals surface area contributed by atoms with E-state index in [2.05, 4.69) is 34.8 Å². The number of aromatic nitrogens is 1. The number of rotatable bonds is 10. The molecule has 1 aromatic heterocycles. The molecule has 0 saturated heterocycles. The average molecular weight is 473 g/mol. The van der Waals surface area contributed by atoms with Gasteiger partial charge in [0.2, 0.25) is 10.0 Å². The molecule has 1 amide bonds. The minimum atomic E-state index is -3.77. The average Bonchev–Trinajstić information content (AvgIpc) is 3.21. The summed E-state index contributed by atoms with van der Waals surface area (Å²) in [6, 6.07) is 12.2. The highest BCUT2D eigenvalue weighted by molar-refractivity contribution is 7.89. The van der Waals surface area contributed by atoms with Crippen LogP contribution in [0.15, 0.2) is 53.6 Å². The molecule has 0 radical (unpaired) electrons. The van der Waals surface area contributed by atoms with Crippen LogP contribution in [0, 0.1) is 0 Å². The number of hydrogen-bond donors (Lipinski definition) is 1. The Labute approximate surface area is 195 Å². The summed E-state index contributed by atoms with van der Waals surface area (Å²) in [6.07, 6.45) is 2.06. The van der Waals surface area contributed by atoms with Crippen LogP contribution in [0.5, 0.6) is 5.75 Å². The van der Waals surface area contributed by atoms with E-state index in [-0.39, 0.29) is 16.2 Å². The Morgan fingerprint density at radius 1 is 1.06 bits per heavy atom. The SMILES string of the molecule is CCN(CC)CCn1ccc2cc(NC(=O)c3ccc(OC)c(S(=O)(=O)N(C)C)c3)ccc21. The van der Waals surface area contributed by atoms with Gasteiger partial charge in [-0.2, -0.15) is 0 Å². The van der Waals surface area contributed by atoms with Gasteiger partial charge >= 0.3 is 0 Å². The Balaban J connectivity index is 1.81. The first-order valence-corrected chi connectivity index (χ1v) is 12.4. The van der Waals surface area contributed by atoms with Crippen molar-refractivity contribution in [3.05, 3.63) is 54.2 Å². The number of carbonyl (C=O) groups is 1. The van der Waals surface area contributed by atoms with Gasteiger partial charge in [0, 0.05) is 55.5 Å². The lowest BCUT2D eigenvalue weighted by molar-refractivity contribution is 0.102. The van der Waals surface area contributed by atoms with Gasteiger partial charge in [-0.25, -0.2) is 12.7 Å². The Hall–Kier alpha value is -2.88. The Morgan fingerprint density at radius 2 is 1.79 bits per heavy atom. The zero-order chi connectivity index (χ0) is 24.2. The third kappa shape index (κ3) is 5.38. The number of ether oxygens (including phenoxy) is 1. The van der Waals surface area contributed by atoms with E-state index in [0.29, 0.717) is 5.69 Å². The standard InChI is InChI=1S/C24H32N4O4S/c1-6-27(7-2)14-15-28-13-12-18-16-20(9-10-21(18)28)25-24(29)19-8-11-22(32-5)23(17-19)33(30,31)26(3)4/h8-13,16-17H,6-7,14-15H2,1-5H3,(H,25,29). The zero-order valence-electron chi connectivity index (χ0n) is 19.8. The third-order valence-electron chi connectivity index (χ3n) is 5.76. The summed E-state index contributed by atoms with van der Waals surface area (Å²) in [7, 11) is 0.499. The molecule has 0 fully saturated rings. The number of sulfonamides is 1. The summed E-state index contributed by atoms with van der Waals surface area (Å²) >= 11 is 0. The van der Waals surface area contributed by atoms with Crippen LogP contribution in [0.25, 0.3) is 10.9 Å². The topological polar surface area (TPSA) is 83.9 Å². The van der Waals surface area contributed by atoms with E-state index in [4.69, 9.17) is 4.74 Å². The zero-order valence-corrected chi connectivity index (χ0v) is 20.6. The molecule has 1 heterocycles. The van der Waals surface area contributed by atoms with Crippen molar-refractivity contribution in [3.8, 4) is 5.75 Å². The smallest absolute Gasteiger partial charge is 0.255 e. The molecule has 0 saturated carbocycles. The van der Waals surface area contributed by atoms with Gasteiger partial charge in [0.1, 0.15) is 10.6 Å². The molecule has 0 aliphatic carbocycles. The van der Waals surface area contributed by atoms with Crippen molar-refractivity contribution in [1.82, 2.24) is 13.8 Å². The second kappa shape index (κ2) is 10.4. The van der Waals surface area contributed by atoms with Crippen LogP contribution in [0.2, 0.25) is 0 Å². The molecular weight excluding hydrogens is 440 g/mol. The van der Waals surface area contributed by atoms with Gasteiger partial charge in [0.25, 0.3) is 5.91 Å². The van der Waals surface area contributed by atoms with E-state index >= 15 is 0 Å². The number of carbonyl (C=O) groups excluding carboxylic acids is 1. The maximum atomic E-state index is 12.9. The van der Waals surface area contributed by atoms with Gasteiger partial charge in [0.15, 0.2) is 0 Å². The van der Waals surface area contributed by atoms with Gasteiger partial charge in [-0.15, -0.1) is 0 Å². The minimum Gasteiger partial charge on any atom is -0.495 e. The third-order valence-corrected chi connectivity index (χ3v) is 7.60. The molecule has 9 heteroatoms. The van der Waals surface area contributed by atoms with E-state index in [9.17, 15) is 13.2 Å². The first-order valence-electron chi connectivity index (χ1n) is 10.9. The van der Waals surface area contributed by atoms with Crippen molar-refractivity contribution in [3.63, 3.8) is 0 Å². The molecular formula is C24H32N4O4S. The maximum absolute atomic E-state index is 12.9. The number of anilines is 1. The van der Waals surface area contributed by atoms with Gasteiger partial charge in [-0.05, 0) is 55.6 Å². The summed E-state index contributed by atoms with van der Waals surface area (Å²) in [5.41, 5.74) is 1.97. The van der Waals surface area contributed by atoms with Crippen molar-refractivity contribution in [2.45, 2.75) is 25.3 Å². The van der Waals surface area contributed by atoms with Crippen molar-refractivity contribution < 1.29 is 17.9 Å². The second-order valence-corrected chi connectivity index (χ2v) is 10.0. The number of nitrogens with zero attached hydrogens (tertiary/aromatic N) is 3. The summed E-state index contributed by atoms with van der Waals surface area (Å²) in [6.45, 7) is 8.24. The molecule has 0 aliphatic rings. The van der Waals surface area contributed by atoms with Gasteiger partial charge in [-0.1, -0.05) is 13.8 Å². The number of amides is 1. The number of nitrogens with one attached hydrogen (secondary N) is 1. The molecule has 0 bridgehead atoms. The number of methoxy groups -OCH3 is 1. The fourth-order valence-corrected chi connectivity index (χ4v) is 4.76. The van der Waals surface area contributed by atoms with Crippen LogP contribution in [0.4, 0.5) is 5.69 Å². The number of benzene rings is 2. The number of fused-ring (bicyclic) bond motifs is 1. The van der Waals surface area contributed by atoms with Crippen LogP contribution < -0.4 is 10.1 Å². The Morgan fingerprint density at radius 3 is 2.42 bits per heavy atom. The molecule has 3 aromatic rings.